The summed E-state index contributed by atoms with van der Waals surface area (Å²) in [6.45, 7) is 1.41. The number of nitrogens with one attached hydrogen (secondary N) is 3. The van der Waals surface area contributed by atoms with Crippen LogP contribution in [0.2, 0.25) is 0 Å². The number of hydrogen-bond acceptors (Lipinski definition) is 6. The number of hydrogen-bond donors (Lipinski definition) is 4. The summed E-state index contributed by atoms with van der Waals surface area (Å²) in [5.41, 5.74) is 3.23. The standard InChI is InChI=1S/C25H24N4O4S/c1-16(30)27-17-5-4-6-22(13-17)34(3,32)29-18-7-8-24-23(14-18)25(9-10-26-24)28-19-11-20(31)15-21(12-19)33-2/h4-15,31H,3H2,1-2H3,(H,26,28)(H,27,30)(H,29,32). The highest BCUT2D eigenvalue weighted by atomic mass is 32.2. The van der Waals surface area contributed by atoms with Crippen LogP contribution in [0.25, 0.3) is 10.9 Å². The fraction of sp³-hybridized carbons (Fsp3) is 0.0800. The van der Waals surface area contributed by atoms with Gasteiger partial charge in [-0.2, -0.15) is 0 Å². The first kappa shape index (κ1) is 22.9. The van der Waals surface area contributed by atoms with Crippen molar-refractivity contribution < 1.29 is 18.8 Å². The van der Waals surface area contributed by atoms with Crippen LogP contribution in [-0.2, 0) is 14.5 Å². The van der Waals surface area contributed by atoms with E-state index in [4.69, 9.17) is 4.74 Å². The second-order valence-electron chi connectivity index (χ2n) is 7.62. The molecule has 8 nitrogen and oxygen atoms in total. The highest BCUT2D eigenvalue weighted by Crippen LogP contribution is 2.32. The molecule has 0 aliphatic carbocycles. The number of phenols is 1. The van der Waals surface area contributed by atoms with Crippen LogP contribution in [0.1, 0.15) is 6.92 Å². The van der Waals surface area contributed by atoms with Gasteiger partial charge in [0.15, 0.2) is 0 Å². The molecule has 4 rings (SSSR count). The van der Waals surface area contributed by atoms with Gasteiger partial charge in [0.2, 0.25) is 5.91 Å². The molecule has 34 heavy (non-hydrogen) atoms. The molecule has 9 heteroatoms. The van der Waals surface area contributed by atoms with E-state index in [1.54, 1.807) is 54.7 Å². The van der Waals surface area contributed by atoms with Gasteiger partial charge >= 0.3 is 0 Å². The maximum atomic E-state index is 13.4. The molecule has 0 aliphatic heterocycles. The summed E-state index contributed by atoms with van der Waals surface area (Å²) in [7, 11) is -1.39. The molecule has 4 N–H and O–H groups in total. The van der Waals surface area contributed by atoms with Crippen LogP contribution in [0, 0.1) is 0 Å². The summed E-state index contributed by atoms with van der Waals surface area (Å²) in [4.78, 5) is 16.2. The fourth-order valence-corrected chi connectivity index (χ4v) is 4.72. The molecule has 3 aromatic carbocycles. The first-order valence-corrected chi connectivity index (χ1v) is 12.0. The Morgan fingerprint density at radius 3 is 2.62 bits per heavy atom. The van der Waals surface area contributed by atoms with Crippen molar-refractivity contribution in [3.63, 3.8) is 0 Å². The van der Waals surface area contributed by atoms with E-state index in [1.807, 2.05) is 12.1 Å². The van der Waals surface area contributed by atoms with Crippen LogP contribution in [0.4, 0.5) is 22.7 Å². The Hall–Kier alpha value is -4.24. The minimum Gasteiger partial charge on any atom is -0.508 e. The molecule has 174 valence electrons. The summed E-state index contributed by atoms with van der Waals surface area (Å²) >= 11 is 0. The lowest BCUT2D eigenvalue weighted by atomic mass is 10.1. The van der Waals surface area contributed by atoms with E-state index in [-0.39, 0.29) is 11.7 Å². The second-order valence-corrected chi connectivity index (χ2v) is 9.65. The van der Waals surface area contributed by atoms with Gasteiger partial charge in [-0.1, -0.05) is 6.07 Å². The van der Waals surface area contributed by atoms with Gasteiger partial charge in [-0.05, 0) is 48.3 Å². The number of carbonyl (C=O) groups excluding carboxylic acids is 1. The first-order chi connectivity index (χ1) is 16.2. The van der Waals surface area contributed by atoms with Crippen LogP contribution in [0.3, 0.4) is 0 Å². The summed E-state index contributed by atoms with van der Waals surface area (Å²) in [6, 6.07) is 18.8. The molecular weight excluding hydrogens is 452 g/mol. The van der Waals surface area contributed by atoms with E-state index < -0.39 is 9.71 Å². The van der Waals surface area contributed by atoms with E-state index in [1.165, 1.54) is 20.1 Å². The number of aromatic hydroxyl groups is 1. The van der Waals surface area contributed by atoms with Crippen molar-refractivity contribution in [1.82, 2.24) is 4.98 Å². The Balaban J connectivity index is 1.66. The van der Waals surface area contributed by atoms with E-state index >= 15 is 0 Å². The van der Waals surface area contributed by atoms with Gasteiger partial charge in [0, 0.05) is 59.5 Å². The Bertz CT molecular complexity index is 1490. The molecule has 0 saturated heterocycles. The number of pyridine rings is 1. The number of benzene rings is 3. The van der Waals surface area contributed by atoms with Crippen molar-refractivity contribution >= 4 is 55.1 Å². The number of carbonyl (C=O) groups is 1. The third-order valence-corrected chi connectivity index (χ3v) is 6.55. The van der Waals surface area contributed by atoms with Crippen molar-refractivity contribution in [2.24, 2.45) is 0 Å². The van der Waals surface area contributed by atoms with Gasteiger partial charge in [0.25, 0.3) is 0 Å². The number of anilines is 4. The Morgan fingerprint density at radius 1 is 1.03 bits per heavy atom. The predicted molar refractivity (Wildman–Crippen MR) is 138 cm³/mol. The van der Waals surface area contributed by atoms with Crippen molar-refractivity contribution in [3.8, 4) is 11.5 Å². The number of methoxy groups -OCH3 is 1. The molecule has 4 aromatic rings. The van der Waals surface area contributed by atoms with Crippen molar-refractivity contribution in [3.05, 3.63) is 72.9 Å². The number of rotatable bonds is 7. The molecule has 1 amide bonds. The van der Waals surface area contributed by atoms with Gasteiger partial charge in [-0.15, -0.1) is 0 Å². The zero-order chi connectivity index (χ0) is 24.3. The third-order valence-electron chi connectivity index (χ3n) is 4.97. The smallest absolute Gasteiger partial charge is 0.221 e. The lowest BCUT2D eigenvalue weighted by Crippen LogP contribution is -2.13. The van der Waals surface area contributed by atoms with Crippen molar-refractivity contribution in [2.75, 3.05) is 22.5 Å². The number of amides is 1. The van der Waals surface area contributed by atoms with Crippen molar-refractivity contribution in [1.29, 1.82) is 0 Å². The number of aromatic nitrogens is 1. The topological polar surface area (TPSA) is 113 Å². The molecule has 0 fully saturated rings. The molecule has 0 spiro atoms. The average Bonchev–Trinajstić information content (AvgIpc) is 2.78. The zero-order valence-electron chi connectivity index (χ0n) is 18.7. The van der Waals surface area contributed by atoms with Gasteiger partial charge in [0.1, 0.15) is 11.5 Å². The third kappa shape index (κ3) is 5.21. The van der Waals surface area contributed by atoms with Crippen LogP contribution in [0.5, 0.6) is 11.5 Å². The quantitative estimate of drug-likeness (QED) is 0.286. The maximum absolute atomic E-state index is 13.4. The van der Waals surface area contributed by atoms with Gasteiger partial charge in [-0.25, -0.2) is 4.21 Å². The number of nitrogens with zero attached hydrogens (tertiary/aromatic N) is 1. The largest absolute Gasteiger partial charge is 0.508 e. The minimum absolute atomic E-state index is 0.0702. The molecule has 1 heterocycles. The SMILES string of the molecule is C=S(=O)(Nc1ccc2nccc(Nc3cc(O)cc(OC)c3)c2c1)c1cccc(NC(C)=O)c1. The average molecular weight is 477 g/mol. The van der Waals surface area contributed by atoms with E-state index in [0.29, 0.717) is 27.7 Å². The molecule has 1 unspecified atom stereocenters. The molecule has 1 atom stereocenters. The van der Waals surface area contributed by atoms with Crippen LogP contribution >= 0.6 is 0 Å². The Morgan fingerprint density at radius 2 is 1.85 bits per heavy atom. The summed E-state index contributed by atoms with van der Waals surface area (Å²) in [6.07, 6.45) is 1.68. The van der Waals surface area contributed by atoms with Gasteiger partial charge in [0.05, 0.1) is 27.2 Å². The van der Waals surface area contributed by atoms with E-state index in [0.717, 1.165) is 16.6 Å². The fourth-order valence-electron chi connectivity index (χ4n) is 3.48. The van der Waals surface area contributed by atoms with E-state index in [2.05, 4.69) is 26.2 Å². The monoisotopic (exact) mass is 476 g/mol. The van der Waals surface area contributed by atoms with Crippen LogP contribution in [-0.4, -0.2) is 33.2 Å². The van der Waals surface area contributed by atoms with Crippen LogP contribution < -0.4 is 20.1 Å². The predicted octanol–water partition coefficient (Wildman–Crippen LogP) is 4.75. The summed E-state index contributed by atoms with van der Waals surface area (Å²) < 4.78 is 21.6. The molecule has 0 saturated carbocycles. The zero-order valence-corrected chi connectivity index (χ0v) is 19.5. The van der Waals surface area contributed by atoms with E-state index in [9.17, 15) is 14.1 Å². The number of phenolic OH excluding ortho intramolecular Hbond substituents is 1. The lowest BCUT2D eigenvalue weighted by molar-refractivity contribution is -0.114. The lowest BCUT2D eigenvalue weighted by Gasteiger charge is -2.16. The Kier molecular flexibility index (Phi) is 6.29. The normalized spacial score (nSPS) is 12.5. The molecule has 0 bridgehead atoms. The second kappa shape index (κ2) is 9.32. The first-order valence-electron chi connectivity index (χ1n) is 10.3. The molecule has 0 radical (unpaired) electrons. The number of fused-ring (bicyclic) bond motifs is 1. The highest BCUT2D eigenvalue weighted by molar-refractivity contribution is 8.01. The van der Waals surface area contributed by atoms with Gasteiger partial charge in [-0.3, -0.25) is 9.78 Å². The molecule has 1 aromatic heterocycles. The Labute approximate surface area is 197 Å². The highest BCUT2D eigenvalue weighted by Gasteiger charge is 2.11. The molecular formula is C25H24N4O4S. The summed E-state index contributed by atoms with van der Waals surface area (Å²) in [5.74, 6) is 4.26. The molecule has 0 aliphatic rings. The van der Waals surface area contributed by atoms with Crippen LogP contribution in [0.15, 0.2) is 77.8 Å². The minimum atomic E-state index is -2.92. The van der Waals surface area contributed by atoms with Crippen molar-refractivity contribution in [2.45, 2.75) is 11.8 Å². The number of ether oxygens (including phenoxy) is 1. The summed E-state index contributed by atoms with van der Waals surface area (Å²) in [5, 5.41) is 16.7. The maximum Gasteiger partial charge on any atom is 0.221 e. The van der Waals surface area contributed by atoms with Gasteiger partial charge < -0.3 is 25.2 Å².